The van der Waals surface area contributed by atoms with Gasteiger partial charge in [0, 0.05) is 12.3 Å². The first-order valence-corrected chi connectivity index (χ1v) is 10.2. The minimum absolute atomic E-state index is 0.0941. The van der Waals surface area contributed by atoms with Gasteiger partial charge >= 0.3 is 5.97 Å². The Kier molecular flexibility index (Phi) is 7.67. The summed E-state index contributed by atoms with van der Waals surface area (Å²) in [7, 11) is 0. The fourth-order valence-electron chi connectivity index (χ4n) is 4.62. The molecule has 0 radical (unpaired) electrons. The van der Waals surface area contributed by atoms with Crippen LogP contribution in [-0.2, 0) is 9.59 Å². The normalized spacial score (nSPS) is 24.2. The van der Waals surface area contributed by atoms with E-state index < -0.39 is 11.6 Å². The first-order chi connectivity index (χ1) is 12.0. The maximum Gasteiger partial charge on any atom is 0.335 e. The number of hydrogen-bond donors (Lipinski definition) is 2. The third-order valence-corrected chi connectivity index (χ3v) is 6.14. The van der Waals surface area contributed by atoms with Crippen molar-refractivity contribution in [2.75, 3.05) is 0 Å². The summed E-state index contributed by atoms with van der Waals surface area (Å²) in [5.74, 6) is -0.725. The SMILES string of the molecule is CCCC1=CCC(=O)[C@@H]1CCCCCC(O)(C(=O)O)C1CCCCC1. The van der Waals surface area contributed by atoms with E-state index in [1.165, 1.54) is 5.57 Å². The van der Waals surface area contributed by atoms with E-state index in [1.807, 2.05) is 0 Å². The van der Waals surface area contributed by atoms with Crippen molar-refractivity contribution in [1.29, 1.82) is 0 Å². The van der Waals surface area contributed by atoms with Gasteiger partial charge in [-0.25, -0.2) is 4.79 Å². The first-order valence-electron chi connectivity index (χ1n) is 10.2. The van der Waals surface area contributed by atoms with Crippen LogP contribution in [0.3, 0.4) is 0 Å². The molecule has 0 bridgehead atoms. The predicted molar refractivity (Wildman–Crippen MR) is 98.4 cm³/mol. The molecule has 1 unspecified atom stereocenters. The third kappa shape index (κ3) is 5.16. The molecule has 0 aliphatic heterocycles. The molecular formula is C21H34O4. The fourth-order valence-corrected chi connectivity index (χ4v) is 4.62. The molecule has 2 aliphatic carbocycles. The zero-order valence-electron chi connectivity index (χ0n) is 15.6. The Morgan fingerprint density at radius 2 is 1.92 bits per heavy atom. The van der Waals surface area contributed by atoms with Crippen LogP contribution in [0.5, 0.6) is 0 Å². The van der Waals surface area contributed by atoms with Crippen molar-refractivity contribution in [3.8, 4) is 0 Å². The Hall–Kier alpha value is -1.16. The molecule has 2 aliphatic rings. The van der Waals surface area contributed by atoms with Crippen LogP contribution < -0.4 is 0 Å². The minimum atomic E-state index is -1.56. The van der Waals surface area contributed by atoms with Crippen molar-refractivity contribution in [3.63, 3.8) is 0 Å². The summed E-state index contributed by atoms with van der Waals surface area (Å²) in [5, 5.41) is 20.3. The zero-order valence-corrected chi connectivity index (χ0v) is 15.6. The maximum atomic E-state index is 12.0. The van der Waals surface area contributed by atoms with Crippen LogP contribution in [-0.4, -0.2) is 27.6 Å². The monoisotopic (exact) mass is 350 g/mol. The quantitative estimate of drug-likeness (QED) is 0.444. The lowest BCUT2D eigenvalue weighted by molar-refractivity contribution is -0.167. The molecule has 25 heavy (non-hydrogen) atoms. The molecule has 4 nitrogen and oxygen atoms in total. The zero-order chi connectivity index (χ0) is 18.3. The lowest BCUT2D eigenvalue weighted by Crippen LogP contribution is -2.46. The van der Waals surface area contributed by atoms with Gasteiger partial charge in [-0.2, -0.15) is 0 Å². The van der Waals surface area contributed by atoms with Gasteiger partial charge in [-0.3, -0.25) is 4.79 Å². The molecule has 2 N–H and O–H groups in total. The summed E-state index contributed by atoms with van der Waals surface area (Å²) >= 11 is 0. The number of aliphatic hydroxyl groups is 1. The number of carbonyl (C=O) groups excluding carboxylic acids is 1. The first kappa shape index (κ1) is 20.2. The summed E-state index contributed by atoms with van der Waals surface area (Å²) in [6, 6.07) is 0. The van der Waals surface area contributed by atoms with Crippen LogP contribution in [0.25, 0.3) is 0 Å². The second-order valence-corrected chi connectivity index (χ2v) is 7.92. The van der Waals surface area contributed by atoms with Gasteiger partial charge in [0.2, 0.25) is 0 Å². The molecule has 2 rings (SSSR count). The number of Topliss-reactive ketones (excluding diaryl/α,β-unsaturated/α-hetero) is 1. The van der Waals surface area contributed by atoms with Crippen molar-refractivity contribution >= 4 is 11.8 Å². The van der Waals surface area contributed by atoms with E-state index in [0.29, 0.717) is 25.0 Å². The predicted octanol–water partition coefficient (Wildman–Crippen LogP) is 4.65. The number of carboxylic acid groups (broad SMARTS) is 1. The van der Waals surface area contributed by atoms with Crippen molar-refractivity contribution in [2.45, 2.75) is 96.0 Å². The van der Waals surface area contributed by atoms with Crippen LogP contribution in [0.2, 0.25) is 0 Å². The molecule has 142 valence electrons. The molecule has 0 amide bonds. The van der Waals surface area contributed by atoms with E-state index in [0.717, 1.165) is 64.2 Å². The Bertz CT molecular complexity index is 490. The summed E-state index contributed by atoms with van der Waals surface area (Å²) < 4.78 is 0. The molecule has 0 aromatic carbocycles. The highest BCUT2D eigenvalue weighted by atomic mass is 16.4. The van der Waals surface area contributed by atoms with E-state index in [1.54, 1.807) is 0 Å². The molecule has 0 heterocycles. The highest BCUT2D eigenvalue weighted by molar-refractivity contribution is 5.88. The number of ketones is 1. The largest absolute Gasteiger partial charge is 0.479 e. The van der Waals surface area contributed by atoms with Gasteiger partial charge in [0.05, 0.1) is 0 Å². The molecule has 0 saturated heterocycles. The molecule has 0 spiro atoms. The topological polar surface area (TPSA) is 74.6 Å². The van der Waals surface area contributed by atoms with Crippen LogP contribution in [0.1, 0.15) is 90.4 Å². The van der Waals surface area contributed by atoms with Crippen LogP contribution >= 0.6 is 0 Å². The van der Waals surface area contributed by atoms with E-state index in [-0.39, 0.29) is 11.8 Å². The van der Waals surface area contributed by atoms with Crippen LogP contribution in [0.15, 0.2) is 11.6 Å². The lowest BCUT2D eigenvalue weighted by Gasteiger charge is -2.35. The second-order valence-electron chi connectivity index (χ2n) is 7.92. The number of allylic oxidation sites excluding steroid dienone is 2. The van der Waals surface area contributed by atoms with Gasteiger partial charge in [0.15, 0.2) is 5.60 Å². The van der Waals surface area contributed by atoms with Crippen LogP contribution in [0.4, 0.5) is 0 Å². The van der Waals surface area contributed by atoms with Crippen molar-refractivity contribution in [2.24, 2.45) is 11.8 Å². The molecule has 2 atom stereocenters. The van der Waals surface area contributed by atoms with Gasteiger partial charge in [-0.1, -0.05) is 57.1 Å². The highest BCUT2D eigenvalue weighted by Crippen LogP contribution is 2.37. The van der Waals surface area contributed by atoms with E-state index >= 15 is 0 Å². The number of carboxylic acids is 1. The van der Waals surface area contributed by atoms with Crippen molar-refractivity contribution in [3.05, 3.63) is 11.6 Å². The molecule has 4 heteroatoms. The van der Waals surface area contributed by atoms with Crippen molar-refractivity contribution < 1.29 is 19.8 Å². The Balaban J connectivity index is 1.76. The average Bonchev–Trinajstić information content (AvgIpc) is 2.95. The second kappa shape index (κ2) is 9.51. The van der Waals surface area contributed by atoms with Crippen molar-refractivity contribution in [1.82, 2.24) is 0 Å². The van der Waals surface area contributed by atoms with Gasteiger partial charge in [0.1, 0.15) is 5.78 Å². The molecular weight excluding hydrogens is 316 g/mol. The average molecular weight is 350 g/mol. The van der Waals surface area contributed by atoms with Crippen LogP contribution in [0, 0.1) is 11.8 Å². The van der Waals surface area contributed by atoms with Gasteiger partial charge < -0.3 is 10.2 Å². The van der Waals surface area contributed by atoms with Gasteiger partial charge in [0.25, 0.3) is 0 Å². The number of rotatable bonds is 10. The Morgan fingerprint density at radius 3 is 2.56 bits per heavy atom. The number of aliphatic carboxylic acids is 1. The standard InChI is InChI=1S/C21H34O4/c1-2-9-16-13-14-19(22)18(16)12-7-4-8-15-21(25,20(23)24)17-10-5-3-6-11-17/h13,17-18,25H,2-12,14-15H2,1H3,(H,23,24)/t18-,21?/m1/s1. The Labute approximate surface area is 151 Å². The third-order valence-electron chi connectivity index (χ3n) is 6.14. The lowest BCUT2D eigenvalue weighted by atomic mass is 9.74. The minimum Gasteiger partial charge on any atom is -0.479 e. The van der Waals surface area contributed by atoms with E-state index in [9.17, 15) is 19.8 Å². The summed E-state index contributed by atoms with van der Waals surface area (Å²) in [5.41, 5.74) is -0.256. The smallest absolute Gasteiger partial charge is 0.335 e. The Morgan fingerprint density at radius 1 is 1.20 bits per heavy atom. The number of unbranched alkanes of at least 4 members (excludes halogenated alkanes) is 2. The molecule has 1 fully saturated rings. The van der Waals surface area contributed by atoms with Gasteiger partial charge in [-0.15, -0.1) is 0 Å². The number of carbonyl (C=O) groups is 2. The fraction of sp³-hybridized carbons (Fsp3) is 0.810. The van der Waals surface area contributed by atoms with E-state index in [2.05, 4.69) is 13.0 Å². The summed E-state index contributed by atoms with van der Waals surface area (Å²) in [6.45, 7) is 2.14. The molecule has 0 aromatic rings. The highest BCUT2D eigenvalue weighted by Gasteiger charge is 2.43. The van der Waals surface area contributed by atoms with Gasteiger partial charge in [-0.05, 0) is 44.4 Å². The summed E-state index contributed by atoms with van der Waals surface area (Å²) in [6.07, 6.45) is 13.3. The maximum absolute atomic E-state index is 12.0. The van der Waals surface area contributed by atoms with E-state index in [4.69, 9.17) is 0 Å². The molecule has 0 aromatic heterocycles. The summed E-state index contributed by atoms with van der Waals surface area (Å²) in [4.78, 5) is 23.7. The molecule has 1 saturated carbocycles. The number of hydrogen-bond acceptors (Lipinski definition) is 3.